The molecule has 1 heterocycles. The van der Waals surface area contributed by atoms with Gasteiger partial charge >= 0.3 is 0 Å². The smallest absolute Gasteiger partial charge is 0.211 e. The van der Waals surface area contributed by atoms with Crippen LogP contribution in [0.2, 0.25) is 0 Å². The third-order valence-electron chi connectivity index (χ3n) is 3.84. The van der Waals surface area contributed by atoms with Crippen molar-refractivity contribution >= 4 is 33.0 Å². The number of aromatic nitrogens is 1. The molecule has 0 unspecified atom stereocenters. The van der Waals surface area contributed by atoms with Gasteiger partial charge in [0.2, 0.25) is 4.80 Å². The van der Waals surface area contributed by atoms with Gasteiger partial charge in [0.15, 0.2) is 5.78 Å². The van der Waals surface area contributed by atoms with Crippen LogP contribution in [-0.2, 0) is 7.05 Å². The molecular weight excluding hydrogens is 294 g/mol. The molecule has 0 atom stereocenters. The van der Waals surface area contributed by atoms with Gasteiger partial charge in [0, 0.05) is 18.2 Å². The minimum absolute atomic E-state index is 0.116. The van der Waals surface area contributed by atoms with E-state index in [1.54, 1.807) is 11.3 Å². The van der Waals surface area contributed by atoms with Crippen LogP contribution in [0.4, 0.5) is 0 Å². The first kappa shape index (κ1) is 13.2. The van der Waals surface area contributed by atoms with Crippen LogP contribution in [0, 0.1) is 0 Å². The number of thiazole rings is 1. The van der Waals surface area contributed by atoms with E-state index in [4.69, 9.17) is 0 Å². The van der Waals surface area contributed by atoms with Crippen molar-refractivity contribution in [3.63, 3.8) is 0 Å². The van der Waals surface area contributed by atoms with Gasteiger partial charge in [-0.2, -0.15) is 5.10 Å². The number of fused-ring (bicyclic) bond motifs is 2. The first-order valence-electron chi connectivity index (χ1n) is 7.02. The fraction of sp³-hybridized carbons (Fsp3) is 0.118. The van der Waals surface area contributed by atoms with Gasteiger partial charge in [-0.05, 0) is 12.1 Å². The number of benzene rings is 2. The number of hydrogen-bond donors (Lipinski definition) is 0. The molecule has 108 valence electrons. The molecule has 0 aliphatic heterocycles. The standard InChI is InChI=1S/C17H13N3OS/c1-20-14-8-4-5-9-16(14)22-17(20)19-18-13-10-15(21)12-7-3-2-6-11(12)13/h2-9H,10H2,1H3. The Labute approximate surface area is 131 Å². The number of carbonyl (C=O) groups excluding carboxylic acids is 1. The first-order chi connectivity index (χ1) is 10.7. The number of para-hydroxylation sites is 1. The zero-order valence-corrected chi connectivity index (χ0v) is 12.8. The van der Waals surface area contributed by atoms with Crippen molar-refractivity contribution in [1.82, 2.24) is 4.57 Å². The van der Waals surface area contributed by atoms with Gasteiger partial charge in [-0.3, -0.25) is 4.79 Å². The fourth-order valence-corrected chi connectivity index (χ4v) is 3.66. The molecule has 4 nitrogen and oxygen atoms in total. The summed E-state index contributed by atoms with van der Waals surface area (Å²) in [4.78, 5) is 12.8. The Morgan fingerprint density at radius 3 is 2.55 bits per heavy atom. The molecule has 1 aliphatic carbocycles. The first-order valence-corrected chi connectivity index (χ1v) is 7.83. The summed E-state index contributed by atoms with van der Waals surface area (Å²) in [6.45, 7) is 0. The molecule has 4 rings (SSSR count). The summed E-state index contributed by atoms with van der Waals surface area (Å²) in [6, 6.07) is 15.7. The Morgan fingerprint density at radius 2 is 1.73 bits per heavy atom. The number of ketones is 1. The van der Waals surface area contributed by atoms with E-state index >= 15 is 0 Å². The predicted octanol–water partition coefficient (Wildman–Crippen LogP) is 3.13. The summed E-state index contributed by atoms with van der Waals surface area (Å²) in [6.07, 6.45) is 0.331. The Hall–Kier alpha value is -2.53. The summed E-state index contributed by atoms with van der Waals surface area (Å²) in [5.74, 6) is 0.116. The molecular formula is C17H13N3OS. The molecule has 0 saturated heterocycles. The highest BCUT2D eigenvalue weighted by molar-refractivity contribution is 7.16. The topological polar surface area (TPSA) is 46.7 Å². The van der Waals surface area contributed by atoms with Crippen LogP contribution < -0.4 is 4.80 Å². The summed E-state index contributed by atoms with van der Waals surface area (Å²) in [5, 5.41) is 8.73. The van der Waals surface area contributed by atoms with Crippen molar-refractivity contribution in [2.75, 3.05) is 0 Å². The minimum Gasteiger partial charge on any atom is -0.318 e. The van der Waals surface area contributed by atoms with Gasteiger partial charge in [0.25, 0.3) is 0 Å². The second-order valence-corrected chi connectivity index (χ2v) is 6.21. The van der Waals surface area contributed by atoms with Gasteiger partial charge in [0.1, 0.15) is 0 Å². The van der Waals surface area contributed by atoms with E-state index in [9.17, 15) is 4.79 Å². The van der Waals surface area contributed by atoms with Gasteiger partial charge in [0.05, 0.1) is 22.3 Å². The van der Waals surface area contributed by atoms with Crippen LogP contribution in [0.25, 0.3) is 10.2 Å². The number of hydrogen-bond acceptors (Lipinski definition) is 4. The summed E-state index contributed by atoms with van der Waals surface area (Å²) < 4.78 is 3.19. The van der Waals surface area contributed by atoms with Crippen molar-refractivity contribution < 1.29 is 4.79 Å². The maximum Gasteiger partial charge on any atom is 0.211 e. The van der Waals surface area contributed by atoms with E-state index in [2.05, 4.69) is 22.3 Å². The van der Waals surface area contributed by atoms with Gasteiger partial charge in [-0.1, -0.05) is 47.7 Å². The lowest BCUT2D eigenvalue weighted by Gasteiger charge is -1.95. The number of carbonyl (C=O) groups is 1. The SMILES string of the molecule is Cn1c(=NN=C2CC(=O)c3ccccc32)sc2ccccc21. The monoisotopic (exact) mass is 307 g/mol. The van der Waals surface area contributed by atoms with Crippen molar-refractivity contribution in [3.05, 3.63) is 64.5 Å². The number of rotatable bonds is 1. The molecule has 22 heavy (non-hydrogen) atoms. The Kier molecular flexibility index (Phi) is 3.01. The third-order valence-corrected chi connectivity index (χ3v) is 4.94. The van der Waals surface area contributed by atoms with E-state index < -0.39 is 0 Å². The Bertz CT molecular complexity index is 994. The zero-order valence-electron chi connectivity index (χ0n) is 12.0. The Morgan fingerprint density at radius 1 is 1.00 bits per heavy atom. The quantitative estimate of drug-likeness (QED) is 0.637. The van der Waals surface area contributed by atoms with E-state index in [0.717, 1.165) is 27.2 Å². The lowest BCUT2D eigenvalue weighted by atomic mass is 10.1. The summed E-state index contributed by atoms with van der Waals surface area (Å²) in [5.41, 5.74) is 3.53. The number of aryl methyl sites for hydroxylation is 1. The maximum absolute atomic E-state index is 12.0. The Balaban J connectivity index is 1.84. The van der Waals surface area contributed by atoms with E-state index in [0.29, 0.717) is 6.42 Å². The maximum atomic E-state index is 12.0. The van der Waals surface area contributed by atoms with Gasteiger partial charge in [-0.15, -0.1) is 5.10 Å². The molecule has 1 aliphatic rings. The highest BCUT2D eigenvalue weighted by atomic mass is 32.1. The van der Waals surface area contributed by atoms with Crippen molar-refractivity contribution in [2.45, 2.75) is 6.42 Å². The molecule has 0 spiro atoms. The summed E-state index contributed by atoms with van der Waals surface area (Å²) >= 11 is 1.59. The highest BCUT2D eigenvalue weighted by Crippen LogP contribution is 2.22. The fourth-order valence-electron chi connectivity index (χ4n) is 2.69. The highest BCUT2D eigenvalue weighted by Gasteiger charge is 2.24. The lowest BCUT2D eigenvalue weighted by molar-refractivity contribution is 0.101. The van der Waals surface area contributed by atoms with Crippen LogP contribution >= 0.6 is 11.3 Å². The van der Waals surface area contributed by atoms with Crippen LogP contribution in [0.3, 0.4) is 0 Å². The lowest BCUT2D eigenvalue weighted by Crippen LogP contribution is -2.09. The van der Waals surface area contributed by atoms with E-state index in [1.807, 2.05) is 48.0 Å². The van der Waals surface area contributed by atoms with Crippen LogP contribution in [-0.4, -0.2) is 16.1 Å². The largest absolute Gasteiger partial charge is 0.318 e. The van der Waals surface area contributed by atoms with Gasteiger partial charge < -0.3 is 4.57 Å². The molecule has 5 heteroatoms. The van der Waals surface area contributed by atoms with Crippen molar-refractivity contribution in [1.29, 1.82) is 0 Å². The predicted molar refractivity (Wildman–Crippen MR) is 88.3 cm³/mol. The second kappa shape index (κ2) is 5.03. The normalized spacial score (nSPS) is 16.7. The van der Waals surface area contributed by atoms with Crippen molar-refractivity contribution in [2.24, 2.45) is 17.3 Å². The molecule has 3 aromatic rings. The zero-order chi connectivity index (χ0) is 15.1. The molecule has 0 amide bonds. The average Bonchev–Trinajstić information content (AvgIpc) is 3.04. The molecule has 0 N–H and O–H groups in total. The molecule has 1 aromatic heterocycles. The molecule has 0 radical (unpaired) electrons. The van der Waals surface area contributed by atoms with E-state index in [-0.39, 0.29) is 5.78 Å². The van der Waals surface area contributed by atoms with E-state index in [1.165, 1.54) is 4.70 Å². The molecule has 0 saturated carbocycles. The molecule has 2 aromatic carbocycles. The van der Waals surface area contributed by atoms with Gasteiger partial charge in [-0.25, -0.2) is 0 Å². The minimum atomic E-state index is 0.116. The van der Waals surface area contributed by atoms with Crippen LogP contribution in [0.15, 0.2) is 58.7 Å². The second-order valence-electron chi connectivity index (χ2n) is 5.20. The average molecular weight is 307 g/mol. The van der Waals surface area contributed by atoms with Crippen molar-refractivity contribution in [3.8, 4) is 0 Å². The third kappa shape index (κ3) is 2.02. The summed E-state index contributed by atoms with van der Waals surface area (Å²) in [7, 11) is 1.98. The molecule has 0 bridgehead atoms. The number of nitrogens with zero attached hydrogens (tertiary/aromatic N) is 3. The van der Waals surface area contributed by atoms with Crippen LogP contribution in [0.5, 0.6) is 0 Å². The molecule has 0 fully saturated rings. The van der Waals surface area contributed by atoms with Crippen LogP contribution in [0.1, 0.15) is 22.3 Å². The number of Topliss-reactive ketones (excluding diaryl/α,β-unsaturated/α-hetero) is 1.